The normalized spacial score (nSPS) is 50.7. The molecule has 344 valence electrons. The molecule has 0 bridgehead atoms. The zero-order valence-corrected chi connectivity index (χ0v) is 30.3. The zero-order chi connectivity index (χ0) is 44.0. The van der Waals surface area contributed by atoms with Crippen molar-refractivity contribution in [1.82, 2.24) is 0 Å². The van der Waals surface area contributed by atoms with Gasteiger partial charge in [-0.05, 0) is 0 Å². The molecule has 5 heterocycles. The number of ether oxygens (including phenoxy) is 7. The minimum Gasteiger partial charge on any atom is -0.394 e. The summed E-state index contributed by atoms with van der Waals surface area (Å²) >= 11 is 0. The SMILES string of the molecule is OC[C@H]1O[C@@](CO)(O[C@H]2O[C@H](CO)[C@@H](O)[C@H](O)[C@H]2O)[C@@H](O)[C@@H]1O.OC[C@H]1O[C@H](O[C@H]2[C@H](O)[C@@H](O)[C@H](O)O[C@@H]2CO)[C@H](O)[C@@H](O)[C@@H]1O.OC[C@H]1O[C@](O)(CO)[C@@H](O)[C@@H]1O. The van der Waals surface area contributed by atoms with Crippen molar-refractivity contribution >= 4 is 0 Å². The average Bonchev–Trinajstić information content (AvgIpc) is 3.60. The molecule has 5 rings (SSSR count). The van der Waals surface area contributed by atoms with Crippen molar-refractivity contribution in [2.45, 2.75) is 140 Å². The van der Waals surface area contributed by atoms with Crippen molar-refractivity contribution in [1.29, 1.82) is 0 Å². The van der Waals surface area contributed by atoms with E-state index < -0.39 is 187 Å². The van der Waals surface area contributed by atoms with Gasteiger partial charge in [0, 0.05) is 0 Å². The van der Waals surface area contributed by atoms with Crippen molar-refractivity contribution in [2.24, 2.45) is 0 Å². The van der Waals surface area contributed by atoms with Crippen LogP contribution in [0.25, 0.3) is 0 Å². The molecule has 5 fully saturated rings. The summed E-state index contributed by atoms with van der Waals surface area (Å²) in [6.45, 7) is -5.03. The first-order valence-electron chi connectivity index (χ1n) is 17.7. The summed E-state index contributed by atoms with van der Waals surface area (Å²) in [6.07, 6.45) is -32.3. The van der Waals surface area contributed by atoms with Gasteiger partial charge >= 0.3 is 0 Å². The number of hydrogen-bond donors (Lipinski definition) is 21. The lowest BCUT2D eigenvalue weighted by Crippen LogP contribution is -2.64. The molecule has 58 heavy (non-hydrogen) atoms. The minimum absolute atomic E-state index is 0.527. The van der Waals surface area contributed by atoms with Crippen LogP contribution in [0.2, 0.25) is 0 Å². The Hall–Kier alpha value is -1.12. The summed E-state index contributed by atoms with van der Waals surface area (Å²) in [5.74, 6) is -4.38. The summed E-state index contributed by atoms with van der Waals surface area (Å²) in [7, 11) is 0. The Morgan fingerprint density at radius 1 is 0.397 bits per heavy atom. The lowest BCUT2D eigenvalue weighted by Gasteiger charge is -2.45. The van der Waals surface area contributed by atoms with Gasteiger partial charge in [-0.25, -0.2) is 0 Å². The molecular formula is C30H56O28. The molecule has 28 nitrogen and oxygen atoms in total. The van der Waals surface area contributed by atoms with E-state index in [0.717, 1.165) is 0 Å². The topological polar surface area (TPSA) is 489 Å². The first-order chi connectivity index (χ1) is 27.2. The first-order valence-corrected chi connectivity index (χ1v) is 17.7. The predicted octanol–water partition coefficient (Wildman–Crippen LogP) is -14.0. The molecule has 0 aromatic rings. The van der Waals surface area contributed by atoms with Crippen molar-refractivity contribution < 1.29 is 140 Å². The molecule has 23 atom stereocenters. The Labute approximate surface area is 327 Å². The maximum Gasteiger partial charge on any atom is 0.224 e. The summed E-state index contributed by atoms with van der Waals surface area (Å²) in [5, 5.41) is 198. The van der Waals surface area contributed by atoms with Crippen LogP contribution in [0.15, 0.2) is 0 Å². The summed E-state index contributed by atoms with van der Waals surface area (Å²) < 4.78 is 35.3. The quantitative estimate of drug-likeness (QED) is 0.0917. The largest absolute Gasteiger partial charge is 0.394 e. The second-order valence-corrected chi connectivity index (χ2v) is 13.9. The third kappa shape index (κ3) is 10.7. The van der Waals surface area contributed by atoms with Crippen LogP contribution in [-0.2, 0) is 33.2 Å². The first kappa shape index (κ1) is 51.2. The molecule has 0 aromatic heterocycles. The lowest BCUT2D eigenvalue weighted by atomic mass is 9.97. The minimum atomic E-state index is -2.22. The van der Waals surface area contributed by atoms with Gasteiger partial charge < -0.3 is 140 Å². The van der Waals surface area contributed by atoms with Crippen LogP contribution in [0, 0.1) is 0 Å². The van der Waals surface area contributed by atoms with E-state index in [0.29, 0.717) is 0 Å². The smallest absolute Gasteiger partial charge is 0.224 e. The van der Waals surface area contributed by atoms with Crippen molar-refractivity contribution in [3.63, 3.8) is 0 Å². The molecule has 5 saturated heterocycles. The highest BCUT2D eigenvalue weighted by Crippen LogP contribution is 2.36. The van der Waals surface area contributed by atoms with Crippen LogP contribution in [0.3, 0.4) is 0 Å². The summed E-state index contributed by atoms with van der Waals surface area (Å²) in [5.41, 5.74) is 0. The van der Waals surface area contributed by atoms with Crippen LogP contribution < -0.4 is 0 Å². The van der Waals surface area contributed by atoms with Crippen molar-refractivity contribution in [3.8, 4) is 0 Å². The van der Waals surface area contributed by atoms with Crippen LogP contribution in [0.4, 0.5) is 0 Å². The van der Waals surface area contributed by atoms with E-state index in [1.807, 2.05) is 0 Å². The number of aliphatic hydroxyl groups excluding tert-OH is 20. The highest BCUT2D eigenvalue weighted by molar-refractivity contribution is 4.99. The molecule has 5 aliphatic heterocycles. The monoisotopic (exact) mass is 864 g/mol. The third-order valence-corrected chi connectivity index (χ3v) is 9.98. The fourth-order valence-corrected chi connectivity index (χ4v) is 6.35. The number of hydrogen-bond acceptors (Lipinski definition) is 28. The van der Waals surface area contributed by atoms with Gasteiger partial charge in [0.2, 0.25) is 11.6 Å². The molecule has 0 radical (unpaired) electrons. The summed E-state index contributed by atoms with van der Waals surface area (Å²) in [6, 6.07) is 0. The fourth-order valence-electron chi connectivity index (χ4n) is 6.35. The van der Waals surface area contributed by atoms with Gasteiger partial charge in [0.1, 0.15) is 116 Å². The molecule has 5 aliphatic rings. The van der Waals surface area contributed by atoms with Gasteiger partial charge in [0.05, 0.1) is 39.6 Å². The van der Waals surface area contributed by atoms with Crippen LogP contribution in [-0.4, -0.2) is 294 Å². The molecule has 21 N–H and O–H groups in total. The molecule has 0 aliphatic carbocycles. The van der Waals surface area contributed by atoms with Gasteiger partial charge in [0.25, 0.3) is 0 Å². The van der Waals surface area contributed by atoms with E-state index >= 15 is 0 Å². The highest BCUT2D eigenvalue weighted by atomic mass is 16.8. The Kier molecular flexibility index (Phi) is 19.2. The zero-order valence-electron chi connectivity index (χ0n) is 30.3. The average molecular weight is 865 g/mol. The fraction of sp³-hybridized carbons (Fsp3) is 1.00. The van der Waals surface area contributed by atoms with E-state index in [2.05, 4.69) is 4.74 Å². The second-order valence-electron chi connectivity index (χ2n) is 13.9. The van der Waals surface area contributed by atoms with Gasteiger partial charge in [0.15, 0.2) is 18.9 Å². The molecule has 0 aromatic carbocycles. The van der Waals surface area contributed by atoms with Gasteiger partial charge in [-0.1, -0.05) is 0 Å². The molecule has 28 heteroatoms. The van der Waals surface area contributed by atoms with E-state index in [1.54, 1.807) is 0 Å². The van der Waals surface area contributed by atoms with Gasteiger partial charge in [-0.15, -0.1) is 0 Å². The molecule has 0 amide bonds. The molecular weight excluding hydrogens is 808 g/mol. The second kappa shape index (κ2) is 21.8. The third-order valence-electron chi connectivity index (χ3n) is 9.98. The van der Waals surface area contributed by atoms with Crippen LogP contribution in [0.5, 0.6) is 0 Å². The summed E-state index contributed by atoms with van der Waals surface area (Å²) in [4.78, 5) is 0. The molecule has 0 saturated carbocycles. The highest BCUT2D eigenvalue weighted by Gasteiger charge is 2.59. The number of rotatable bonds is 11. The lowest BCUT2D eigenvalue weighted by molar-refractivity contribution is -0.383. The Bertz CT molecular complexity index is 1200. The van der Waals surface area contributed by atoms with Crippen molar-refractivity contribution in [2.75, 3.05) is 46.2 Å². The standard InChI is InChI=1S/2C12H22O11.C6H12O6/c13-1-4-6(16)8(18)9(19)11(21-4)23-12(3-15)10(20)7(17)5(2-14)22-12;13-1-3-5(15)6(16)9(19)12(22-3)23-10-4(2-14)21-11(20)8(18)7(10)17;7-1-3-4(9)5(10)6(11,2-8)12-3/h4-11,13-20H,1-3H2;3-20H,1-2H2;3-5,7-11H,1-2H2/t4-,5-,6-,7-,8+,9-,10+,11-,12+;3-,4-,5-,6+,7-,8-,9-,10-,11-,12-;3-,4-,5+,6-/m111/s1. The van der Waals surface area contributed by atoms with Crippen molar-refractivity contribution in [3.05, 3.63) is 0 Å². The van der Waals surface area contributed by atoms with E-state index in [1.165, 1.54) is 0 Å². The Balaban J connectivity index is 0.000000245. The predicted molar refractivity (Wildman–Crippen MR) is 173 cm³/mol. The maximum atomic E-state index is 10.00. The van der Waals surface area contributed by atoms with E-state index in [9.17, 15) is 71.5 Å². The van der Waals surface area contributed by atoms with Gasteiger partial charge in [-0.2, -0.15) is 0 Å². The number of aliphatic hydroxyl groups is 21. The van der Waals surface area contributed by atoms with Crippen LogP contribution in [0.1, 0.15) is 0 Å². The molecule has 0 unspecified atom stereocenters. The van der Waals surface area contributed by atoms with Gasteiger partial charge in [-0.3, -0.25) is 0 Å². The Morgan fingerprint density at radius 3 is 1.26 bits per heavy atom. The van der Waals surface area contributed by atoms with Crippen LogP contribution >= 0.6 is 0 Å². The van der Waals surface area contributed by atoms with E-state index in [-0.39, 0.29) is 0 Å². The molecule has 0 spiro atoms. The Morgan fingerprint density at radius 2 is 0.845 bits per heavy atom. The van der Waals surface area contributed by atoms with E-state index in [4.69, 9.17) is 64.2 Å². The maximum absolute atomic E-state index is 10.00.